The molecule has 2 heterocycles. The Kier molecular flexibility index (Phi) is 4.96. The van der Waals surface area contributed by atoms with Crippen molar-refractivity contribution in [2.24, 2.45) is 0 Å². The van der Waals surface area contributed by atoms with Crippen LogP contribution < -0.4 is 10.3 Å². The van der Waals surface area contributed by atoms with Gasteiger partial charge in [-0.3, -0.25) is 14.5 Å². The molecule has 0 fully saturated rings. The molecule has 0 atom stereocenters. The number of aromatic nitrogens is 2. The Balaban J connectivity index is 1.84. The summed E-state index contributed by atoms with van der Waals surface area (Å²) in [7, 11) is 0. The molecule has 4 aromatic rings. The van der Waals surface area contributed by atoms with Crippen LogP contribution in [0.1, 0.15) is 6.92 Å². The molecule has 140 valence electrons. The van der Waals surface area contributed by atoms with Crippen molar-refractivity contribution in [3.8, 4) is 0 Å². The van der Waals surface area contributed by atoms with Crippen LogP contribution in [0.4, 0.5) is 5.82 Å². The van der Waals surface area contributed by atoms with E-state index in [4.69, 9.17) is 0 Å². The first kappa shape index (κ1) is 18.4. The van der Waals surface area contributed by atoms with Crippen molar-refractivity contribution in [3.63, 3.8) is 0 Å². The van der Waals surface area contributed by atoms with Crippen molar-refractivity contribution < 1.29 is 4.79 Å². The Hall–Kier alpha value is -2.99. The summed E-state index contributed by atoms with van der Waals surface area (Å²) in [5.74, 6) is 0.515. The van der Waals surface area contributed by atoms with Crippen LogP contribution in [0.25, 0.3) is 21.8 Å². The number of carbonyl (C=O) groups excluding carboxylic acids is 1. The van der Waals surface area contributed by atoms with Gasteiger partial charge < -0.3 is 4.57 Å². The number of nitrogens with zero attached hydrogens (tertiary/aromatic N) is 3. The largest absolute Gasteiger partial charge is 0.331 e. The van der Waals surface area contributed by atoms with Crippen LogP contribution in [0.5, 0.6) is 0 Å². The standard InChI is InChI=1S/C22H18BrN3O2/c1-2-25(20-12-11-15(23)13-24-20)21(27)14-26-18-9-5-3-7-16(18)22(28)17-8-4-6-10-19(17)26/h3-13H,2,14H2,1H3. The molecule has 0 radical (unpaired) electrons. The van der Waals surface area contributed by atoms with E-state index in [-0.39, 0.29) is 17.9 Å². The highest BCUT2D eigenvalue weighted by Crippen LogP contribution is 2.21. The molecule has 0 aliphatic heterocycles. The van der Waals surface area contributed by atoms with Gasteiger partial charge in [0.15, 0.2) is 5.43 Å². The minimum absolute atomic E-state index is 0.0168. The van der Waals surface area contributed by atoms with Crippen LogP contribution in [0.3, 0.4) is 0 Å². The molecule has 1 amide bonds. The lowest BCUT2D eigenvalue weighted by Gasteiger charge is -2.22. The van der Waals surface area contributed by atoms with Crippen LogP contribution in [-0.4, -0.2) is 22.0 Å². The molecule has 4 rings (SSSR count). The third-order valence-corrected chi connectivity index (χ3v) is 5.25. The van der Waals surface area contributed by atoms with Gasteiger partial charge in [-0.1, -0.05) is 24.3 Å². The summed E-state index contributed by atoms with van der Waals surface area (Å²) < 4.78 is 2.77. The maximum atomic E-state index is 13.2. The molecule has 2 aromatic heterocycles. The molecule has 0 N–H and O–H groups in total. The molecule has 6 heteroatoms. The monoisotopic (exact) mass is 435 g/mol. The van der Waals surface area contributed by atoms with Crippen molar-refractivity contribution in [1.82, 2.24) is 9.55 Å². The number of anilines is 1. The van der Waals surface area contributed by atoms with E-state index >= 15 is 0 Å². The first-order chi connectivity index (χ1) is 13.6. The van der Waals surface area contributed by atoms with Crippen molar-refractivity contribution in [1.29, 1.82) is 0 Å². The van der Waals surface area contributed by atoms with Gasteiger partial charge in [-0.15, -0.1) is 0 Å². The quantitative estimate of drug-likeness (QED) is 0.447. The second kappa shape index (κ2) is 7.56. The van der Waals surface area contributed by atoms with Crippen molar-refractivity contribution in [3.05, 3.63) is 81.6 Å². The fourth-order valence-electron chi connectivity index (χ4n) is 3.46. The lowest BCUT2D eigenvalue weighted by atomic mass is 10.1. The Morgan fingerprint density at radius 3 is 2.14 bits per heavy atom. The third-order valence-electron chi connectivity index (χ3n) is 4.78. The number of amides is 1. The van der Waals surface area contributed by atoms with E-state index in [9.17, 15) is 9.59 Å². The number of para-hydroxylation sites is 2. The number of fused-ring (bicyclic) bond motifs is 2. The van der Waals surface area contributed by atoms with Crippen LogP contribution in [0.2, 0.25) is 0 Å². The molecule has 0 aliphatic rings. The maximum Gasteiger partial charge on any atom is 0.248 e. The fourth-order valence-corrected chi connectivity index (χ4v) is 3.70. The average molecular weight is 436 g/mol. The zero-order valence-corrected chi connectivity index (χ0v) is 16.9. The maximum absolute atomic E-state index is 13.2. The van der Waals surface area contributed by atoms with E-state index in [1.807, 2.05) is 60.0 Å². The van der Waals surface area contributed by atoms with Crippen LogP contribution in [0, 0.1) is 0 Å². The second-order valence-electron chi connectivity index (χ2n) is 6.42. The number of halogens is 1. The summed E-state index contributed by atoms with van der Waals surface area (Å²) in [5.41, 5.74) is 1.48. The van der Waals surface area contributed by atoms with Crippen LogP contribution in [-0.2, 0) is 11.3 Å². The lowest BCUT2D eigenvalue weighted by Crippen LogP contribution is -2.34. The van der Waals surface area contributed by atoms with E-state index in [0.29, 0.717) is 23.1 Å². The molecule has 0 saturated carbocycles. The van der Waals surface area contributed by atoms with E-state index in [1.165, 1.54) is 0 Å². The first-order valence-corrected chi connectivity index (χ1v) is 9.81. The second-order valence-corrected chi connectivity index (χ2v) is 7.34. The summed E-state index contributed by atoms with van der Waals surface area (Å²) >= 11 is 3.37. The van der Waals surface area contributed by atoms with Gasteiger partial charge in [-0.2, -0.15) is 0 Å². The number of benzene rings is 2. The molecule has 0 spiro atoms. The molecular formula is C22H18BrN3O2. The van der Waals surface area contributed by atoms with Gasteiger partial charge >= 0.3 is 0 Å². The minimum atomic E-state index is -0.0868. The molecule has 2 aromatic carbocycles. The van der Waals surface area contributed by atoms with Gasteiger partial charge in [0, 0.05) is 28.0 Å². The molecule has 0 saturated heterocycles. The van der Waals surface area contributed by atoms with Gasteiger partial charge in [-0.25, -0.2) is 4.98 Å². The van der Waals surface area contributed by atoms with Crippen molar-refractivity contribution in [2.75, 3.05) is 11.4 Å². The summed E-state index contributed by atoms with van der Waals surface area (Å²) in [6.07, 6.45) is 1.68. The smallest absolute Gasteiger partial charge is 0.248 e. The van der Waals surface area contributed by atoms with E-state index in [2.05, 4.69) is 20.9 Å². The Labute approximate surface area is 170 Å². The van der Waals surface area contributed by atoms with Gasteiger partial charge in [-0.05, 0) is 59.3 Å². The molecule has 0 aliphatic carbocycles. The number of carbonyl (C=O) groups is 1. The predicted octanol–water partition coefficient (Wildman–Crippen LogP) is 4.37. The fraction of sp³-hybridized carbons (Fsp3) is 0.136. The zero-order valence-electron chi connectivity index (χ0n) is 15.3. The van der Waals surface area contributed by atoms with Gasteiger partial charge in [0.1, 0.15) is 12.4 Å². The number of hydrogen-bond acceptors (Lipinski definition) is 3. The Morgan fingerprint density at radius 2 is 1.61 bits per heavy atom. The predicted molar refractivity (Wildman–Crippen MR) is 116 cm³/mol. The van der Waals surface area contributed by atoms with E-state index < -0.39 is 0 Å². The zero-order chi connectivity index (χ0) is 19.7. The van der Waals surface area contributed by atoms with E-state index in [0.717, 1.165) is 15.5 Å². The number of hydrogen-bond donors (Lipinski definition) is 0. The summed E-state index contributed by atoms with van der Waals surface area (Å²) in [6.45, 7) is 2.54. The van der Waals surface area contributed by atoms with Gasteiger partial charge in [0.25, 0.3) is 0 Å². The van der Waals surface area contributed by atoms with Crippen molar-refractivity contribution >= 4 is 49.5 Å². The first-order valence-electron chi connectivity index (χ1n) is 9.02. The third kappa shape index (κ3) is 3.20. The summed E-state index contributed by atoms with van der Waals surface area (Å²) in [4.78, 5) is 32.0. The highest BCUT2D eigenvalue weighted by atomic mass is 79.9. The SMILES string of the molecule is CCN(C(=O)Cn1c2ccccc2c(=O)c2ccccc21)c1ccc(Br)cn1. The Morgan fingerprint density at radius 1 is 1.00 bits per heavy atom. The van der Waals surface area contributed by atoms with Gasteiger partial charge in [0.05, 0.1) is 11.0 Å². The Bertz CT molecular complexity index is 1170. The number of likely N-dealkylation sites (N-methyl/N-ethyl adjacent to an activating group) is 1. The normalized spacial score (nSPS) is 11.1. The van der Waals surface area contributed by atoms with Crippen LogP contribution in [0.15, 0.2) is 76.1 Å². The summed E-state index contributed by atoms with van der Waals surface area (Å²) in [5, 5.41) is 1.22. The van der Waals surface area contributed by atoms with E-state index in [1.54, 1.807) is 23.2 Å². The van der Waals surface area contributed by atoms with Gasteiger partial charge in [0.2, 0.25) is 5.91 Å². The number of rotatable bonds is 4. The molecule has 0 unspecified atom stereocenters. The number of pyridine rings is 2. The summed E-state index contributed by atoms with van der Waals surface area (Å²) in [6, 6.07) is 18.5. The van der Waals surface area contributed by atoms with Crippen molar-refractivity contribution in [2.45, 2.75) is 13.5 Å². The highest BCUT2D eigenvalue weighted by molar-refractivity contribution is 9.10. The topological polar surface area (TPSA) is 55.2 Å². The minimum Gasteiger partial charge on any atom is -0.331 e. The molecule has 28 heavy (non-hydrogen) atoms. The lowest BCUT2D eigenvalue weighted by molar-refractivity contribution is -0.119. The highest BCUT2D eigenvalue weighted by Gasteiger charge is 2.18. The molecular weight excluding hydrogens is 418 g/mol. The van der Waals surface area contributed by atoms with Crippen LogP contribution >= 0.6 is 15.9 Å². The molecule has 5 nitrogen and oxygen atoms in total. The average Bonchev–Trinajstić information content (AvgIpc) is 2.73. The molecule has 0 bridgehead atoms.